The molecule has 1 aromatic heterocycles. The van der Waals surface area contributed by atoms with Crippen molar-refractivity contribution in [1.82, 2.24) is 4.98 Å². The van der Waals surface area contributed by atoms with Gasteiger partial charge in [-0.2, -0.15) is 0 Å². The molecule has 0 aliphatic heterocycles. The molecule has 4 rings (SSSR count). The minimum Gasteiger partial charge on any atom is -0.504 e. The molecule has 0 spiro atoms. The van der Waals surface area contributed by atoms with E-state index in [1.807, 2.05) is 24.3 Å². The molecule has 0 amide bonds. The van der Waals surface area contributed by atoms with Gasteiger partial charge < -0.3 is 9.84 Å². The van der Waals surface area contributed by atoms with Gasteiger partial charge in [-0.25, -0.2) is 4.98 Å². The summed E-state index contributed by atoms with van der Waals surface area (Å²) in [4.78, 5) is 4.77. The van der Waals surface area contributed by atoms with Crippen molar-refractivity contribution in [2.45, 2.75) is 0 Å². The number of phenolic OH excluding ortho intramolecular Hbond substituents is 1. The first kappa shape index (κ1) is 16.1. The van der Waals surface area contributed by atoms with Crippen LogP contribution in [0.4, 0.5) is 0 Å². The zero-order chi connectivity index (χ0) is 17.4. The molecule has 1 N–H and O–H groups in total. The number of hydrogen-bond acceptors (Lipinski definition) is 4. The maximum Gasteiger partial charge on any atom is 0.161 e. The fourth-order valence-electron chi connectivity index (χ4n) is 2.76. The van der Waals surface area contributed by atoms with Gasteiger partial charge in [0.25, 0.3) is 0 Å². The highest BCUT2D eigenvalue weighted by Crippen LogP contribution is 2.34. The van der Waals surface area contributed by atoms with Gasteiger partial charge in [-0.15, -0.1) is 11.3 Å². The maximum atomic E-state index is 9.95. The monoisotopic (exact) mass is 411 g/mol. The summed E-state index contributed by atoms with van der Waals surface area (Å²) in [6, 6.07) is 15.9. The number of aromatic hydroxyl groups is 1. The van der Waals surface area contributed by atoms with E-state index >= 15 is 0 Å². The van der Waals surface area contributed by atoms with E-state index in [0.717, 1.165) is 25.3 Å². The number of nitrogens with zero attached hydrogens (tertiary/aromatic N) is 1. The number of thiazole rings is 1. The third-order valence-electron chi connectivity index (χ3n) is 4.00. The highest BCUT2D eigenvalue weighted by atomic mass is 79.9. The minimum atomic E-state index is 0.112. The standard InChI is InChI=1S/C20H14BrNO2S/c1-24-17-11-15(21)13(10-16(17)23)7-9-19-22-20-14-5-3-2-4-12(14)6-8-18(20)25-19/h2-11,23H,1H3/b9-7+. The fourth-order valence-corrected chi connectivity index (χ4v) is 4.10. The minimum absolute atomic E-state index is 0.112. The Morgan fingerprint density at radius 1 is 1.12 bits per heavy atom. The molecule has 0 aliphatic carbocycles. The largest absolute Gasteiger partial charge is 0.504 e. The van der Waals surface area contributed by atoms with Crippen LogP contribution < -0.4 is 4.74 Å². The van der Waals surface area contributed by atoms with Gasteiger partial charge in [0, 0.05) is 9.86 Å². The average Bonchev–Trinajstić information content (AvgIpc) is 3.05. The first-order valence-electron chi connectivity index (χ1n) is 7.68. The van der Waals surface area contributed by atoms with Crippen LogP contribution in [-0.4, -0.2) is 17.2 Å². The number of rotatable bonds is 3. The van der Waals surface area contributed by atoms with Crippen LogP contribution in [0.15, 0.2) is 53.0 Å². The summed E-state index contributed by atoms with van der Waals surface area (Å²) >= 11 is 5.15. The molecule has 0 saturated carbocycles. The summed E-state index contributed by atoms with van der Waals surface area (Å²) in [6.07, 6.45) is 3.90. The van der Waals surface area contributed by atoms with E-state index in [9.17, 15) is 5.11 Å². The molecule has 0 saturated heterocycles. The number of benzene rings is 3. The van der Waals surface area contributed by atoms with Gasteiger partial charge in [0.2, 0.25) is 0 Å². The second-order valence-corrected chi connectivity index (χ2v) is 7.48. The van der Waals surface area contributed by atoms with E-state index in [1.54, 1.807) is 23.5 Å². The molecule has 0 radical (unpaired) electrons. The Bertz CT molecular complexity index is 1120. The normalized spacial score (nSPS) is 11.6. The number of fused-ring (bicyclic) bond motifs is 3. The summed E-state index contributed by atoms with van der Waals surface area (Å²) in [5, 5.41) is 13.2. The second kappa shape index (κ2) is 6.50. The molecule has 0 fully saturated rings. The molecule has 0 bridgehead atoms. The SMILES string of the molecule is COc1cc(Br)c(/C=C/c2nc3c(ccc4ccccc43)s2)cc1O. The molecule has 5 heteroatoms. The Morgan fingerprint density at radius 2 is 1.96 bits per heavy atom. The third-order valence-corrected chi connectivity index (χ3v) is 5.68. The zero-order valence-electron chi connectivity index (χ0n) is 13.4. The van der Waals surface area contributed by atoms with Crippen LogP contribution in [0.2, 0.25) is 0 Å². The van der Waals surface area contributed by atoms with Crippen LogP contribution >= 0.6 is 27.3 Å². The second-order valence-electron chi connectivity index (χ2n) is 5.56. The molecule has 1 heterocycles. The van der Waals surface area contributed by atoms with Gasteiger partial charge in [0.15, 0.2) is 11.5 Å². The van der Waals surface area contributed by atoms with Gasteiger partial charge in [-0.1, -0.05) is 52.3 Å². The highest BCUT2D eigenvalue weighted by molar-refractivity contribution is 9.10. The van der Waals surface area contributed by atoms with Gasteiger partial charge in [0.1, 0.15) is 5.01 Å². The van der Waals surface area contributed by atoms with Gasteiger partial charge in [-0.3, -0.25) is 0 Å². The van der Waals surface area contributed by atoms with Crippen molar-refractivity contribution in [3.8, 4) is 11.5 Å². The van der Waals surface area contributed by atoms with E-state index < -0.39 is 0 Å². The van der Waals surface area contributed by atoms with Crippen LogP contribution in [0.25, 0.3) is 33.1 Å². The number of hydrogen-bond donors (Lipinski definition) is 1. The summed E-state index contributed by atoms with van der Waals surface area (Å²) in [5.41, 5.74) is 1.89. The lowest BCUT2D eigenvalue weighted by molar-refractivity contribution is 0.373. The highest BCUT2D eigenvalue weighted by Gasteiger charge is 2.08. The van der Waals surface area contributed by atoms with Crippen molar-refractivity contribution in [2.75, 3.05) is 7.11 Å². The van der Waals surface area contributed by atoms with E-state index in [0.29, 0.717) is 5.75 Å². The maximum absolute atomic E-state index is 9.95. The van der Waals surface area contributed by atoms with E-state index in [4.69, 9.17) is 9.72 Å². The Hall–Kier alpha value is -2.37. The van der Waals surface area contributed by atoms with Crippen molar-refractivity contribution in [1.29, 1.82) is 0 Å². The number of ether oxygens (including phenoxy) is 1. The van der Waals surface area contributed by atoms with Crippen molar-refractivity contribution >= 4 is 60.4 Å². The summed E-state index contributed by atoms with van der Waals surface area (Å²) in [7, 11) is 1.53. The number of aromatic nitrogens is 1. The summed E-state index contributed by atoms with van der Waals surface area (Å²) in [6.45, 7) is 0. The lowest BCUT2D eigenvalue weighted by Crippen LogP contribution is -1.85. The van der Waals surface area contributed by atoms with E-state index in [2.05, 4.69) is 40.2 Å². The van der Waals surface area contributed by atoms with Gasteiger partial charge in [0.05, 0.1) is 17.3 Å². The Balaban J connectivity index is 1.75. The van der Waals surface area contributed by atoms with Crippen molar-refractivity contribution < 1.29 is 9.84 Å². The molecule has 124 valence electrons. The molecule has 0 atom stereocenters. The van der Waals surface area contributed by atoms with Crippen molar-refractivity contribution in [3.63, 3.8) is 0 Å². The zero-order valence-corrected chi connectivity index (χ0v) is 15.8. The Morgan fingerprint density at radius 3 is 2.80 bits per heavy atom. The van der Waals surface area contributed by atoms with Crippen LogP contribution in [0.5, 0.6) is 11.5 Å². The lowest BCUT2D eigenvalue weighted by Gasteiger charge is -2.06. The molecule has 25 heavy (non-hydrogen) atoms. The topological polar surface area (TPSA) is 42.4 Å². The van der Waals surface area contributed by atoms with Crippen LogP contribution in [0, 0.1) is 0 Å². The smallest absolute Gasteiger partial charge is 0.161 e. The molecule has 0 unspecified atom stereocenters. The Labute approximate surface area is 157 Å². The average molecular weight is 412 g/mol. The predicted molar refractivity (Wildman–Crippen MR) is 108 cm³/mol. The van der Waals surface area contributed by atoms with E-state index in [-0.39, 0.29) is 5.75 Å². The Kier molecular flexibility index (Phi) is 4.19. The van der Waals surface area contributed by atoms with Crippen LogP contribution in [0.1, 0.15) is 10.6 Å². The molecule has 4 aromatic rings. The van der Waals surface area contributed by atoms with Gasteiger partial charge in [-0.05, 0) is 35.2 Å². The quantitative estimate of drug-likeness (QED) is 0.442. The third kappa shape index (κ3) is 3.01. The van der Waals surface area contributed by atoms with E-state index in [1.165, 1.54) is 17.9 Å². The lowest BCUT2D eigenvalue weighted by atomic mass is 10.1. The van der Waals surface area contributed by atoms with Crippen molar-refractivity contribution in [3.05, 3.63) is 63.6 Å². The van der Waals surface area contributed by atoms with Crippen LogP contribution in [-0.2, 0) is 0 Å². The molecule has 3 aromatic carbocycles. The van der Waals surface area contributed by atoms with Crippen molar-refractivity contribution in [2.24, 2.45) is 0 Å². The predicted octanol–water partition coefficient (Wildman–Crippen LogP) is 6.10. The fraction of sp³-hybridized carbons (Fsp3) is 0.0500. The molecular formula is C20H14BrNO2S. The molecule has 0 aliphatic rings. The summed E-state index contributed by atoms with van der Waals surface area (Å²) in [5.74, 6) is 0.552. The number of phenols is 1. The number of halogens is 1. The van der Waals surface area contributed by atoms with Gasteiger partial charge >= 0.3 is 0 Å². The van der Waals surface area contributed by atoms with Crippen LogP contribution in [0.3, 0.4) is 0 Å². The first-order valence-corrected chi connectivity index (χ1v) is 9.29. The molecular weight excluding hydrogens is 398 g/mol. The first-order chi connectivity index (χ1) is 12.2. The summed E-state index contributed by atoms with van der Waals surface area (Å²) < 4.78 is 7.12. The molecule has 3 nitrogen and oxygen atoms in total. The number of methoxy groups -OCH3 is 1.